The Kier molecular flexibility index (Phi) is 3.91. The van der Waals surface area contributed by atoms with Gasteiger partial charge in [0.2, 0.25) is 0 Å². The Labute approximate surface area is 118 Å². The third-order valence-electron chi connectivity index (χ3n) is 3.93. The maximum absolute atomic E-state index is 11.7. The Balaban J connectivity index is 2.32. The quantitative estimate of drug-likeness (QED) is 0.819. The van der Waals surface area contributed by atoms with E-state index in [1.807, 2.05) is 27.7 Å². The van der Waals surface area contributed by atoms with Gasteiger partial charge in [-0.1, -0.05) is 6.08 Å². The van der Waals surface area contributed by atoms with Gasteiger partial charge < -0.3 is 19.4 Å². The Hall–Kier alpha value is -1.37. The van der Waals surface area contributed by atoms with E-state index in [1.54, 1.807) is 24.4 Å². The van der Waals surface area contributed by atoms with E-state index in [4.69, 9.17) is 9.31 Å². The molecule has 5 nitrogen and oxygen atoms in total. The molecular formula is C14H20BNO4. The van der Waals surface area contributed by atoms with Crippen molar-refractivity contribution in [2.75, 3.05) is 6.61 Å². The van der Waals surface area contributed by atoms with Gasteiger partial charge in [0.1, 0.15) is 0 Å². The molecule has 0 unspecified atom stereocenters. The van der Waals surface area contributed by atoms with Gasteiger partial charge in [0.05, 0.1) is 17.8 Å². The lowest BCUT2D eigenvalue weighted by Crippen LogP contribution is -2.41. The average molecular weight is 277 g/mol. The minimum atomic E-state index is -0.649. The van der Waals surface area contributed by atoms with E-state index in [0.29, 0.717) is 11.0 Å². The summed E-state index contributed by atoms with van der Waals surface area (Å²) < 4.78 is 11.7. The van der Waals surface area contributed by atoms with E-state index in [9.17, 15) is 9.90 Å². The molecule has 6 heteroatoms. The third-order valence-corrected chi connectivity index (χ3v) is 3.93. The molecule has 0 bridgehead atoms. The number of aromatic amines is 1. The van der Waals surface area contributed by atoms with Crippen LogP contribution in [0.2, 0.25) is 0 Å². The van der Waals surface area contributed by atoms with Crippen molar-refractivity contribution in [1.82, 2.24) is 4.98 Å². The van der Waals surface area contributed by atoms with Crippen molar-refractivity contribution >= 4 is 13.2 Å². The van der Waals surface area contributed by atoms with Crippen LogP contribution < -0.4 is 5.56 Å². The maximum Gasteiger partial charge on any atom is 0.492 e. The number of hydrogen-bond acceptors (Lipinski definition) is 4. The molecule has 0 atom stereocenters. The number of aliphatic hydroxyl groups excluding tert-OH is 1. The smallest absolute Gasteiger partial charge is 0.400 e. The summed E-state index contributed by atoms with van der Waals surface area (Å²) in [5.74, 6) is 0. The highest BCUT2D eigenvalue weighted by Gasteiger charge is 2.52. The van der Waals surface area contributed by atoms with Crippen molar-refractivity contribution in [2.45, 2.75) is 38.9 Å². The van der Waals surface area contributed by atoms with Crippen molar-refractivity contribution in [3.63, 3.8) is 0 Å². The first-order chi connectivity index (χ1) is 9.27. The monoisotopic (exact) mass is 277 g/mol. The van der Waals surface area contributed by atoms with Crippen LogP contribution in [0.3, 0.4) is 0 Å². The van der Waals surface area contributed by atoms with Gasteiger partial charge >= 0.3 is 7.12 Å². The molecule has 2 heterocycles. The predicted molar refractivity (Wildman–Crippen MR) is 78.2 cm³/mol. The number of rotatable bonds is 3. The van der Waals surface area contributed by atoms with Crippen LogP contribution in [0, 0.1) is 0 Å². The molecule has 1 aliphatic rings. The predicted octanol–water partition coefficient (Wildman–Crippen LogP) is 1.38. The number of hydrogen-bond donors (Lipinski definition) is 2. The molecule has 0 aliphatic carbocycles. The Morgan fingerprint density at radius 2 is 1.95 bits per heavy atom. The second-order valence-corrected chi connectivity index (χ2v) is 5.92. The van der Waals surface area contributed by atoms with Crippen LogP contribution in [0.15, 0.2) is 28.6 Å². The second-order valence-electron chi connectivity index (χ2n) is 5.92. The second kappa shape index (κ2) is 5.20. The number of aliphatic hydroxyl groups is 1. The van der Waals surface area contributed by atoms with Crippen LogP contribution in [0.1, 0.15) is 33.3 Å². The van der Waals surface area contributed by atoms with Crippen molar-refractivity contribution in [2.24, 2.45) is 0 Å². The lowest BCUT2D eigenvalue weighted by molar-refractivity contribution is 0.00578. The number of aromatic nitrogens is 1. The van der Waals surface area contributed by atoms with Crippen LogP contribution in [-0.4, -0.2) is 35.0 Å². The van der Waals surface area contributed by atoms with Crippen molar-refractivity contribution in [1.29, 1.82) is 0 Å². The molecule has 0 spiro atoms. The van der Waals surface area contributed by atoms with E-state index in [1.165, 1.54) is 0 Å². The van der Waals surface area contributed by atoms with E-state index >= 15 is 0 Å². The van der Waals surface area contributed by atoms with Crippen LogP contribution in [0.5, 0.6) is 0 Å². The molecular weight excluding hydrogens is 257 g/mol. The van der Waals surface area contributed by atoms with Crippen LogP contribution >= 0.6 is 0 Å². The lowest BCUT2D eigenvalue weighted by Gasteiger charge is -2.32. The summed E-state index contributed by atoms with van der Waals surface area (Å²) >= 11 is 0. The van der Waals surface area contributed by atoms with Crippen molar-refractivity contribution in [3.8, 4) is 0 Å². The summed E-state index contributed by atoms with van der Waals surface area (Å²) in [5, 5.41) is 9.54. The Morgan fingerprint density at radius 3 is 2.45 bits per heavy atom. The summed E-state index contributed by atoms with van der Waals surface area (Å²) in [4.78, 5) is 14.3. The number of pyridine rings is 1. The van der Waals surface area contributed by atoms with Gasteiger partial charge in [-0.15, -0.1) is 0 Å². The van der Waals surface area contributed by atoms with Crippen molar-refractivity contribution < 1.29 is 14.4 Å². The first-order valence-electron chi connectivity index (χ1n) is 6.61. The highest BCUT2D eigenvalue weighted by molar-refractivity contribution is 6.55. The zero-order chi connectivity index (χ0) is 15.0. The van der Waals surface area contributed by atoms with Gasteiger partial charge in [0.15, 0.2) is 0 Å². The van der Waals surface area contributed by atoms with E-state index in [0.717, 1.165) is 0 Å². The molecule has 1 saturated heterocycles. The highest BCUT2D eigenvalue weighted by atomic mass is 16.7. The fourth-order valence-corrected chi connectivity index (χ4v) is 1.93. The summed E-state index contributed by atoms with van der Waals surface area (Å²) in [6, 6.07) is 3.41. The minimum absolute atomic E-state index is 0.213. The van der Waals surface area contributed by atoms with E-state index < -0.39 is 18.3 Å². The molecule has 1 aromatic heterocycles. The maximum atomic E-state index is 11.7. The molecule has 1 aromatic rings. The molecule has 20 heavy (non-hydrogen) atoms. The van der Waals surface area contributed by atoms with Crippen LogP contribution in [0.4, 0.5) is 0 Å². The molecule has 1 aliphatic heterocycles. The van der Waals surface area contributed by atoms with Gasteiger partial charge in [0, 0.05) is 11.8 Å². The summed E-state index contributed by atoms with van der Waals surface area (Å²) in [6.07, 6.45) is 3.17. The molecule has 108 valence electrons. The lowest BCUT2D eigenvalue weighted by atomic mass is 9.77. The summed E-state index contributed by atoms with van der Waals surface area (Å²) in [6.45, 7) is 7.54. The highest BCUT2D eigenvalue weighted by Crippen LogP contribution is 2.38. The molecule has 0 aromatic carbocycles. The molecule has 0 amide bonds. The molecule has 0 radical (unpaired) electrons. The van der Waals surface area contributed by atoms with Crippen LogP contribution in [-0.2, 0) is 9.31 Å². The first-order valence-corrected chi connectivity index (χ1v) is 6.61. The number of nitrogens with one attached hydrogen (secondary N) is 1. The first kappa shape index (κ1) is 15.0. The molecule has 1 fully saturated rings. The summed E-state index contributed by atoms with van der Waals surface area (Å²) in [5.41, 5.74) is -0.175. The molecule has 0 saturated carbocycles. The Morgan fingerprint density at radius 1 is 1.35 bits per heavy atom. The van der Waals surface area contributed by atoms with E-state index in [-0.39, 0.29) is 12.2 Å². The van der Waals surface area contributed by atoms with Gasteiger partial charge in [0.25, 0.3) is 5.56 Å². The Bertz CT molecular complexity index is 561. The van der Waals surface area contributed by atoms with Crippen LogP contribution in [0.25, 0.3) is 6.08 Å². The third kappa shape index (κ3) is 2.72. The number of H-pyrrole nitrogens is 1. The average Bonchev–Trinajstić information content (AvgIpc) is 2.57. The fourth-order valence-electron chi connectivity index (χ4n) is 1.93. The minimum Gasteiger partial charge on any atom is -0.400 e. The van der Waals surface area contributed by atoms with Gasteiger partial charge in [-0.2, -0.15) is 0 Å². The molecule has 2 N–H and O–H groups in total. The van der Waals surface area contributed by atoms with Gasteiger partial charge in [-0.25, -0.2) is 0 Å². The summed E-state index contributed by atoms with van der Waals surface area (Å²) in [7, 11) is -0.649. The SMILES string of the molecule is CC1(C)OB(C(=Cc2ccc[nH]c2=O)CO)OC1(C)C. The van der Waals surface area contributed by atoms with Gasteiger partial charge in [-0.05, 0) is 45.3 Å². The zero-order valence-electron chi connectivity index (χ0n) is 12.3. The normalized spacial score (nSPS) is 21.2. The standard InChI is InChI=1S/C14H20BNO4/c1-13(2)14(3,4)20-15(19-13)11(9-17)8-10-6-5-7-16-12(10)18/h5-8,17H,9H2,1-4H3,(H,16,18). The topological polar surface area (TPSA) is 71.6 Å². The van der Waals surface area contributed by atoms with Crippen molar-refractivity contribution in [3.05, 3.63) is 39.7 Å². The fraction of sp³-hybridized carbons (Fsp3) is 0.500. The molecule has 2 rings (SSSR count). The zero-order valence-corrected chi connectivity index (χ0v) is 12.3. The van der Waals surface area contributed by atoms with E-state index in [2.05, 4.69) is 4.98 Å². The largest absolute Gasteiger partial charge is 0.492 e. The van der Waals surface area contributed by atoms with Gasteiger partial charge in [-0.3, -0.25) is 4.79 Å².